The summed E-state index contributed by atoms with van der Waals surface area (Å²) in [6, 6.07) is 14.9. The van der Waals surface area contributed by atoms with E-state index in [9.17, 15) is 4.39 Å². The Morgan fingerprint density at radius 1 is 1.25 bits per heavy atom. The normalized spacial score (nSPS) is 16.1. The van der Waals surface area contributed by atoms with Crippen LogP contribution in [0.25, 0.3) is 0 Å². The second kappa shape index (κ2) is 5.44. The van der Waals surface area contributed by atoms with Crippen LogP contribution in [0.5, 0.6) is 0 Å². The molecule has 0 spiro atoms. The third-order valence-corrected chi connectivity index (χ3v) is 3.84. The lowest BCUT2D eigenvalue weighted by Gasteiger charge is -2.30. The van der Waals surface area contributed by atoms with Crippen molar-refractivity contribution in [3.63, 3.8) is 0 Å². The van der Waals surface area contributed by atoms with Crippen molar-refractivity contribution < 1.29 is 4.39 Å². The number of rotatable bonds is 4. The maximum atomic E-state index is 13.6. The highest BCUT2D eigenvalue weighted by molar-refractivity contribution is 5.40. The first-order valence-electron chi connectivity index (χ1n) is 6.75. The van der Waals surface area contributed by atoms with Gasteiger partial charge in [0.25, 0.3) is 0 Å². The Hall–Kier alpha value is -2.18. The van der Waals surface area contributed by atoms with Crippen LogP contribution in [-0.2, 0) is 13.0 Å². The summed E-state index contributed by atoms with van der Waals surface area (Å²) in [4.78, 5) is 0. The van der Waals surface area contributed by atoms with Crippen molar-refractivity contribution in [1.82, 2.24) is 5.32 Å². The first-order valence-corrected chi connectivity index (χ1v) is 6.75. The number of nitrogens with one attached hydrogen (secondary N) is 1. The van der Waals surface area contributed by atoms with Crippen LogP contribution in [-0.4, -0.2) is 6.54 Å². The van der Waals surface area contributed by atoms with Crippen molar-refractivity contribution >= 4 is 0 Å². The predicted molar refractivity (Wildman–Crippen MR) is 75.7 cm³/mol. The smallest absolute Gasteiger partial charge is 0.127 e. The van der Waals surface area contributed by atoms with Gasteiger partial charge in [-0.25, -0.2) is 4.39 Å². The average Bonchev–Trinajstić information content (AvgIpc) is 2.45. The topological polar surface area (TPSA) is 35.8 Å². The summed E-state index contributed by atoms with van der Waals surface area (Å²) in [5.74, 6) is 0.263. The molecule has 1 atom stereocenters. The number of fused-ring (bicyclic) bond motifs is 1. The maximum Gasteiger partial charge on any atom is 0.127 e. The minimum absolute atomic E-state index is 0.259. The van der Waals surface area contributed by atoms with Crippen molar-refractivity contribution in [3.8, 4) is 6.07 Å². The minimum Gasteiger partial charge on any atom is -0.312 e. The van der Waals surface area contributed by atoms with E-state index in [0.29, 0.717) is 23.6 Å². The number of benzene rings is 2. The molecule has 0 radical (unpaired) electrons. The molecule has 0 fully saturated rings. The van der Waals surface area contributed by atoms with Crippen molar-refractivity contribution in [2.24, 2.45) is 0 Å². The van der Waals surface area contributed by atoms with E-state index in [2.05, 4.69) is 29.6 Å². The molecule has 1 aliphatic carbocycles. The van der Waals surface area contributed by atoms with Gasteiger partial charge >= 0.3 is 0 Å². The fourth-order valence-corrected chi connectivity index (χ4v) is 2.71. The van der Waals surface area contributed by atoms with Gasteiger partial charge in [-0.3, -0.25) is 0 Å². The van der Waals surface area contributed by atoms with Crippen molar-refractivity contribution in [2.75, 3.05) is 6.54 Å². The molecule has 0 amide bonds. The molecule has 20 heavy (non-hydrogen) atoms. The van der Waals surface area contributed by atoms with Crippen LogP contribution in [0.3, 0.4) is 0 Å². The van der Waals surface area contributed by atoms with Crippen LogP contribution < -0.4 is 5.32 Å². The van der Waals surface area contributed by atoms with Gasteiger partial charge in [-0.05, 0) is 35.7 Å². The van der Waals surface area contributed by atoms with Crippen LogP contribution in [0.2, 0.25) is 0 Å². The molecule has 0 saturated carbocycles. The van der Waals surface area contributed by atoms with Gasteiger partial charge < -0.3 is 5.32 Å². The second-order valence-corrected chi connectivity index (χ2v) is 5.15. The molecule has 0 saturated heterocycles. The standard InChI is InChI=1S/C17H15FN2/c18-17-6-5-12(9-19)7-15(17)11-20-10-14-8-13-3-1-2-4-16(13)14/h1-7,14,20H,8,10-11H2. The van der Waals surface area contributed by atoms with Gasteiger partial charge in [-0.1, -0.05) is 24.3 Å². The number of nitrogens with zero attached hydrogens (tertiary/aromatic N) is 1. The second-order valence-electron chi connectivity index (χ2n) is 5.15. The first-order chi connectivity index (χ1) is 9.78. The van der Waals surface area contributed by atoms with Crippen molar-refractivity contribution in [3.05, 3.63) is 70.5 Å². The number of halogens is 1. The lowest BCUT2D eigenvalue weighted by atomic mass is 9.77. The maximum absolute atomic E-state index is 13.6. The highest BCUT2D eigenvalue weighted by Gasteiger charge is 2.24. The van der Waals surface area contributed by atoms with Gasteiger partial charge in [0, 0.05) is 24.6 Å². The minimum atomic E-state index is -0.259. The van der Waals surface area contributed by atoms with Gasteiger partial charge in [0.15, 0.2) is 0 Å². The first kappa shape index (κ1) is 12.8. The van der Waals surface area contributed by atoms with E-state index >= 15 is 0 Å². The molecule has 0 bridgehead atoms. The summed E-state index contributed by atoms with van der Waals surface area (Å²) in [6.07, 6.45) is 1.09. The Kier molecular flexibility index (Phi) is 3.49. The summed E-state index contributed by atoms with van der Waals surface area (Å²) in [6.45, 7) is 1.30. The molecule has 3 rings (SSSR count). The number of hydrogen-bond donors (Lipinski definition) is 1. The Balaban J connectivity index is 1.58. The number of hydrogen-bond acceptors (Lipinski definition) is 2. The molecule has 1 unspecified atom stereocenters. The van der Waals surface area contributed by atoms with Crippen LogP contribution >= 0.6 is 0 Å². The average molecular weight is 266 g/mol. The molecule has 2 nitrogen and oxygen atoms in total. The molecule has 2 aromatic carbocycles. The Morgan fingerprint density at radius 3 is 2.90 bits per heavy atom. The van der Waals surface area contributed by atoms with Crippen molar-refractivity contribution in [2.45, 2.75) is 18.9 Å². The summed E-state index contributed by atoms with van der Waals surface area (Å²) in [5.41, 5.74) is 3.86. The van der Waals surface area contributed by atoms with Crippen LogP contribution in [0.15, 0.2) is 42.5 Å². The molecule has 0 aromatic heterocycles. The highest BCUT2D eigenvalue weighted by Crippen LogP contribution is 2.34. The molecule has 1 N–H and O–H groups in total. The monoisotopic (exact) mass is 266 g/mol. The fourth-order valence-electron chi connectivity index (χ4n) is 2.71. The summed E-state index contributed by atoms with van der Waals surface area (Å²) >= 11 is 0. The van der Waals surface area contributed by atoms with Gasteiger partial charge in [0.2, 0.25) is 0 Å². The van der Waals surface area contributed by atoms with E-state index in [0.717, 1.165) is 13.0 Å². The molecule has 1 aliphatic rings. The SMILES string of the molecule is N#Cc1ccc(F)c(CNCC2Cc3ccccc32)c1. The lowest BCUT2D eigenvalue weighted by Crippen LogP contribution is -2.29. The number of nitriles is 1. The van der Waals surface area contributed by atoms with E-state index in [-0.39, 0.29) is 5.82 Å². The summed E-state index contributed by atoms with van der Waals surface area (Å²) < 4.78 is 13.6. The predicted octanol–water partition coefficient (Wildman–Crippen LogP) is 3.13. The van der Waals surface area contributed by atoms with Crippen LogP contribution in [0, 0.1) is 17.1 Å². The van der Waals surface area contributed by atoms with Crippen LogP contribution in [0.4, 0.5) is 4.39 Å². The van der Waals surface area contributed by atoms with E-state index < -0.39 is 0 Å². The zero-order valence-electron chi connectivity index (χ0n) is 11.1. The van der Waals surface area contributed by atoms with Crippen LogP contribution in [0.1, 0.15) is 28.2 Å². The van der Waals surface area contributed by atoms with Gasteiger partial charge in [0.1, 0.15) is 5.82 Å². The Bertz CT molecular complexity index is 673. The zero-order chi connectivity index (χ0) is 13.9. The fraction of sp³-hybridized carbons (Fsp3) is 0.235. The molecule has 2 aromatic rings. The van der Waals surface area contributed by atoms with E-state index in [1.807, 2.05) is 6.07 Å². The molecular weight excluding hydrogens is 251 g/mol. The Morgan fingerprint density at radius 2 is 2.10 bits per heavy atom. The van der Waals surface area contributed by atoms with Gasteiger partial charge in [-0.2, -0.15) is 5.26 Å². The van der Waals surface area contributed by atoms with E-state index in [1.54, 1.807) is 6.07 Å². The zero-order valence-corrected chi connectivity index (χ0v) is 11.1. The lowest BCUT2D eigenvalue weighted by molar-refractivity contribution is 0.523. The molecule has 100 valence electrons. The quantitative estimate of drug-likeness (QED) is 0.923. The molecular formula is C17H15FN2. The molecule has 0 aliphatic heterocycles. The molecule has 3 heteroatoms. The van der Waals surface area contributed by atoms with Crippen molar-refractivity contribution in [1.29, 1.82) is 5.26 Å². The van der Waals surface area contributed by atoms with E-state index in [4.69, 9.17) is 5.26 Å². The van der Waals surface area contributed by atoms with Gasteiger partial charge in [0.05, 0.1) is 11.6 Å². The third kappa shape index (κ3) is 2.43. The Labute approximate surface area is 117 Å². The van der Waals surface area contributed by atoms with Gasteiger partial charge in [-0.15, -0.1) is 0 Å². The largest absolute Gasteiger partial charge is 0.312 e. The summed E-state index contributed by atoms with van der Waals surface area (Å²) in [7, 11) is 0. The highest BCUT2D eigenvalue weighted by atomic mass is 19.1. The molecule has 0 heterocycles. The third-order valence-electron chi connectivity index (χ3n) is 3.84. The summed E-state index contributed by atoms with van der Waals surface area (Å²) in [5, 5.41) is 12.1. The van der Waals surface area contributed by atoms with E-state index in [1.165, 1.54) is 23.3 Å².